The number of benzene rings is 2. The molecule has 0 bridgehead atoms. The molecule has 0 spiro atoms. The number of rotatable bonds is 5. The third-order valence-electron chi connectivity index (χ3n) is 4.47. The first-order chi connectivity index (χ1) is 14.3. The predicted octanol–water partition coefficient (Wildman–Crippen LogP) is 5.18. The highest BCUT2D eigenvalue weighted by Crippen LogP contribution is 2.37. The van der Waals surface area contributed by atoms with E-state index in [4.69, 9.17) is 21.1 Å². The van der Waals surface area contributed by atoms with Gasteiger partial charge >= 0.3 is 0 Å². The Labute approximate surface area is 177 Å². The Bertz CT molecular complexity index is 1350. The van der Waals surface area contributed by atoms with Crippen LogP contribution in [0.15, 0.2) is 65.7 Å². The summed E-state index contributed by atoms with van der Waals surface area (Å²) in [5.74, 6) is -0.525. The van der Waals surface area contributed by atoms with Crippen LogP contribution in [-0.2, 0) is 10.0 Å². The van der Waals surface area contributed by atoms with Gasteiger partial charge in [0.15, 0.2) is 0 Å². The van der Waals surface area contributed by atoms with Crippen molar-refractivity contribution in [2.45, 2.75) is 11.8 Å². The molecular weight excluding hydrogens is 431 g/mol. The maximum absolute atomic E-state index is 13.9. The van der Waals surface area contributed by atoms with Crippen LogP contribution < -0.4 is 9.47 Å². The van der Waals surface area contributed by atoms with Crippen LogP contribution in [0.4, 0.5) is 4.39 Å². The molecule has 0 N–H and O–H groups in total. The SMILES string of the molecule is COc1nccc2cc(Oc3ccc(Cl)c(F)c3)n(S(=O)(=O)c3ccc(C)cc3)c12. The van der Waals surface area contributed by atoms with E-state index in [-0.39, 0.29) is 32.9 Å². The summed E-state index contributed by atoms with van der Waals surface area (Å²) in [6.45, 7) is 1.86. The van der Waals surface area contributed by atoms with Gasteiger partial charge in [0.2, 0.25) is 11.8 Å². The molecule has 30 heavy (non-hydrogen) atoms. The maximum atomic E-state index is 13.9. The van der Waals surface area contributed by atoms with E-state index in [1.54, 1.807) is 18.2 Å². The Kier molecular flexibility index (Phi) is 5.13. The monoisotopic (exact) mass is 446 g/mol. The van der Waals surface area contributed by atoms with Crippen LogP contribution in [0.25, 0.3) is 10.9 Å². The summed E-state index contributed by atoms with van der Waals surface area (Å²) in [5, 5.41) is 0.461. The fraction of sp³-hybridized carbons (Fsp3) is 0.0952. The molecule has 0 fully saturated rings. The third-order valence-corrected chi connectivity index (χ3v) is 6.49. The molecule has 2 aromatic heterocycles. The number of pyridine rings is 1. The zero-order valence-corrected chi connectivity index (χ0v) is 17.5. The van der Waals surface area contributed by atoms with Crippen LogP contribution >= 0.6 is 11.6 Å². The van der Waals surface area contributed by atoms with Crippen molar-refractivity contribution in [1.82, 2.24) is 8.96 Å². The number of nitrogens with zero attached hydrogens (tertiary/aromatic N) is 2. The highest BCUT2D eigenvalue weighted by Gasteiger charge is 2.27. The average molecular weight is 447 g/mol. The van der Waals surface area contributed by atoms with Crippen molar-refractivity contribution in [2.75, 3.05) is 7.11 Å². The summed E-state index contributed by atoms with van der Waals surface area (Å²) in [4.78, 5) is 4.17. The molecule has 0 amide bonds. The smallest absolute Gasteiger partial charge is 0.271 e. The fourth-order valence-corrected chi connectivity index (χ4v) is 4.57. The van der Waals surface area contributed by atoms with Gasteiger partial charge in [-0.1, -0.05) is 29.3 Å². The number of hydrogen-bond donors (Lipinski definition) is 0. The van der Waals surface area contributed by atoms with E-state index in [9.17, 15) is 12.8 Å². The molecule has 4 rings (SSSR count). The standard InChI is InChI=1S/C21H16ClFN2O4S/c1-13-3-6-16(7-4-13)30(26,27)25-19(29-15-5-8-17(22)18(23)12-15)11-14-9-10-24-21(28-2)20(14)25/h3-12H,1-2H3. The van der Waals surface area contributed by atoms with Gasteiger partial charge in [-0.15, -0.1) is 0 Å². The molecule has 0 atom stereocenters. The zero-order chi connectivity index (χ0) is 21.5. The van der Waals surface area contributed by atoms with Gasteiger partial charge in [-0.25, -0.2) is 17.8 Å². The number of fused-ring (bicyclic) bond motifs is 1. The second-order valence-electron chi connectivity index (χ2n) is 6.50. The third kappa shape index (κ3) is 3.48. The van der Waals surface area contributed by atoms with E-state index in [1.165, 1.54) is 43.6 Å². The van der Waals surface area contributed by atoms with Crippen molar-refractivity contribution in [3.05, 3.63) is 77.2 Å². The van der Waals surface area contributed by atoms with Crippen molar-refractivity contribution in [3.8, 4) is 17.5 Å². The second-order valence-corrected chi connectivity index (χ2v) is 8.69. The van der Waals surface area contributed by atoms with Gasteiger partial charge in [0.1, 0.15) is 17.1 Å². The molecule has 0 saturated carbocycles. The van der Waals surface area contributed by atoms with Crippen molar-refractivity contribution >= 4 is 32.5 Å². The molecule has 4 aromatic rings. The van der Waals surface area contributed by atoms with E-state index in [0.717, 1.165) is 15.6 Å². The molecule has 154 valence electrons. The molecular formula is C21H16ClFN2O4S. The number of aryl methyl sites for hydroxylation is 1. The lowest BCUT2D eigenvalue weighted by Gasteiger charge is -2.14. The normalized spacial score (nSPS) is 11.6. The minimum atomic E-state index is -4.09. The number of methoxy groups -OCH3 is 1. The highest BCUT2D eigenvalue weighted by atomic mass is 35.5. The van der Waals surface area contributed by atoms with Crippen molar-refractivity contribution < 1.29 is 22.3 Å². The molecule has 2 heterocycles. The van der Waals surface area contributed by atoms with Gasteiger partial charge in [-0.05, 0) is 37.3 Å². The van der Waals surface area contributed by atoms with Crippen LogP contribution in [0, 0.1) is 12.7 Å². The summed E-state index contributed by atoms with van der Waals surface area (Å²) < 4.78 is 53.0. The Hall–Kier alpha value is -3.10. The van der Waals surface area contributed by atoms with E-state index in [2.05, 4.69) is 4.98 Å². The summed E-state index contributed by atoms with van der Waals surface area (Å²) in [6.07, 6.45) is 1.50. The fourth-order valence-electron chi connectivity index (χ4n) is 3.01. The first kappa shape index (κ1) is 20.2. The van der Waals surface area contributed by atoms with Crippen molar-refractivity contribution in [2.24, 2.45) is 0 Å². The number of hydrogen-bond acceptors (Lipinski definition) is 5. The number of halogens is 2. The summed E-state index contributed by atoms with van der Waals surface area (Å²) in [7, 11) is -2.69. The molecule has 2 aromatic carbocycles. The van der Waals surface area contributed by atoms with Gasteiger partial charge < -0.3 is 9.47 Å². The second kappa shape index (κ2) is 7.62. The van der Waals surface area contributed by atoms with Crippen LogP contribution in [0.1, 0.15) is 5.56 Å². The Morgan fingerprint density at radius 2 is 1.80 bits per heavy atom. The summed E-state index contributed by atoms with van der Waals surface area (Å²) in [6, 6.07) is 13.4. The Morgan fingerprint density at radius 1 is 1.07 bits per heavy atom. The minimum Gasteiger partial charge on any atom is -0.479 e. The largest absolute Gasteiger partial charge is 0.479 e. The van der Waals surface area contributed by atoms with Crippen LogP contribution in [-0.4, -0.2) is 24.5 Å². The lowest BCUT2D eigenvalue weighted by Crippen LogP contribution is -2.14. The number of ether oxygens (including phenoxy) is 2. The molecule has 9 heteroatoms. The van der Waals surface area contributed by atoms with Crippen molar-refractivity contribution in [1.29, 1.82) is 0 Å². The average Bonchev–Trinajstić information content (AvgIpc) is 3.09. The van der Waals surface area contributed by atoms with Gasteiger partial charge in [0.05, 0.1) is 17.0 Å². The zero-order valence-electron chi connectivity index (χ0n) is 16.0. The quantitative estimate of drug-likeness (QED) is 0.422. The van der Waals surface area contributed by atoms with Gasteiger partial charge in [0.25, 0.3) is 10.0 Å². The van der Waals surface area contributed by atoms with Gasteiger partial charge in [-0.3, -0.25) is 0 Å². The molecule has 0 aliphatic rings. The van der Waals surface area contributed by atoms with Gasteiger partial charge in [0, 0.05) is 23.7 Å². The first-order valence-corrected chi connectivity index (χ1v) is 10.6. The highest BCUT2D eigenvalue weighted by molar-refractivity contribution is 7.90. The molecule has 0 unspecified atom stereocenters. The van der Waals surface area contributed by atoms with E-state index >= 15 is 0 Å². The van der Waals surface area contributed by atoms with Gasteiger partial charge in [-0.2, -0.15) is 3.97 Å². The molecule has 0 aliphatic heterocycles. The molecule has 6 nitrogen and oxygen atoms in total. The maximum Gasteiger partial charge on any atom is 0.271 e. The van der Waals surface area contributed by atoms with E-state index in [1.807, 2.05) is 6.92 Å². The topological polar surface area (TPSA) is 70.4 Å². The van der Waals surface area contributed by atoms with E-state index in [0.29, 0.717) is 5.39 Å². The molecule has 0 aliphatic carbocycles. The Morgan fingerprint density at radius 3 is 2.47 bits per heavy atom. The first-order valence-electron chi connectivity index (χ1n) is 8.81. The summed E-state index contributed by atoms with van der Waals surface area (Å²) in [5.41, 5.74) is 1.13. The summed E-state index contributed by atoms with van der Waals surface area (Å²) >= 11 is 5.73. The molecule has 0 radical (unpaired) electrons. The lowest BCUT2D eigenvalue weighted by molar-refractivity contribution is 0.400. The minimum absolute atomic E-state index is 0.0430. The van der Waals surface area contributed by atoms with Crippen LogP contribution in [0.2, 0.25) is 5.02 Å². The van der Waals surface area contributed by atoms with Crippen molar-refractivity contribution in [3.63, 3.8) is 0 Å². The van der Waals surface area contributed by atoms with E-state index < -0.39 is 15.8 Å². The lowest BCUT2D eigenvalue weighted by atomic mass is 10.2. The van der Waals surface area contributed by atoms with Crippen LogP contribution in [0.5, 0.6) is 17.5 Å². The predicted molar refractivity (Wildman–Crippen MR) is 112 cm³/mol. The Balaban J connectivity index is 1.96. The van der Waals surface area contributed by atoms with Crippen LogP contribution in [0.3, 0.4) is 0 Å². The number of aromatic nitrogens is 2. The molecule has 0 saturated heterocycles.